The summed E-state index contributed by atoms with van der Waals surface area (Å²) in [5.41, 5.74) is 2.55. The number of hydrogen-bond acceptors (Lipinski definition) is 3. The lowest BCUT2D eigenvalue weighted by Gasteiger charge is -2.22. The summed E-state index contributed by atoms with van der Waals surface area (Å²) in [4.78, 5) is 1.97. The first-order valence-corrected chi connectivity index (χ1v) is 8.02. The smallest absolute Gasteiger partial charge is 0.138 e. The van der Waals surface area contributed by atoms with E-state index >= 15 is 0 Å². The monoisotopic (exact) mass is 337 g/mol. The Morgan fingerprint density at radius 1 is 1.19 bits per heavy atom. The fourth-order valence-electron chi connectivity index (χ4n) is 2.24. The number of aliphatic hydroxyl groups excluding tert-OH is 1. The van der Waals surface area contributed by atoms with Crippen LogP contribution in [0.3, 0.4) is 0 Å². The van der Waals surface area contributed by atoms with E-state index in [0.717, 1.165) is 15.5 Å². The quantitative estimate of drug-likeness (QED) is 0.732. The van der Waals surface area contributed by atoms with Gasteiger partial charge >= 0.3 is 0 Å². The van der Waals surface area contributed by atoms with Gasteiger partial charge in [0.05, 0.1) is 22.0 Å². The summed E-state index contributed by atoms with van der Waals surface area (Å²) in [7, 11) is 0. The number of hydrogen-bond donors (Lipinski definition) is 2. The first kappa shape index (κ1) is 14.6. The highest BCUT2D eigenvalue weighted by Crippen LogP contribution is 2.42. The number of halogens is 2. The number of benzene rings is 2. The van der Waals surface area contributed by atoms with E-state index in [-0.39, 0.29) is 5.76 Å². The van der Waals surface area contributed by atoms with Crippen molar-refractivity contribution in [3.8, 4) is 0 Å². The summed E-state index contributed by atoms with van der Waals surface area (Å²) < 4.78 is 0. The third kappa shape index (κ3) is 2.86. The number of aryl methyl sites for hydroxylation is 1. The Morgan fingerprint density at radius 3 is 2.71 bits per heavy atom. The molecule has 0 bridgehead atoms. The molecule has 0 aromatic heterocycles. The molecule has 2 aromatic rings. The molecule has 0 atom stereocenters. The maximum absolute atomic E-state index is 10.5. The average molecular weight is 338 g/mol. The van der Waals surface area contributed by atoms with Gasteiger partial charge in [-0.2, -0.15) is 0 Å². The van der Waals surface area contributed by atoms with E-state index in [4.69, 9.17) is 23.2 Å². The van der Waals surface area contributed by atoms with Crippen molar-refractivity contribution in [2.24, 2.45) is 0 Å². The van der Waals surface area contributed by atoms with Crippen molar-refractivity contribution in [1.82, 2.24) is 0 Å². The Hall–Kier alpha value is -1.29. The van der Waals surface area contributed by atoms with Gasteiger partial charge in [0.2, 0.25) is 0 Å². The third-order valence-electron chi connectivity index (χ3n) is 3.32. The molecular formula is C16H13Cl2NOS. The standard InChI is InChI=1S/C16H13Cl2NOS/c1-9-4-2-3-5-13(9)21-14-8-19-12-7-10(17)6-11(18)15(12)16(14)20/h2-7,19-20H,8H2,1H3. The summed E-state index contributed by atoms with van der Waals surface area (Å²) in [6.45, 7) is 2.60. The minimum absolute atomic E-state index is 0.221. The van der Waals surface area contributed by atoms with E-state index in [1.807, 2.05) is 18.2 Å². The van der Waals surface area contributed by atoms with Gasteiger partial charge in [-0.25, -0.2) is 0 Å². The van der Waals surface area contributed by atoms with Crippen molar-refractivity contribution < 1.29 is 5.11 Å². The molecule has 3 rings (SSSR count). The van der Waals surface area contributed by atoms with Crippen LogP contribution in [0.1, 0.15) is 11.1 Å². The van der Waals surface area contributed by atoms with E-state index < -0.39 is 0 Å². The van der Waals surface area contributed by atoms with Crippen molar-refractivity contribution >= 4 is 46.4 Å². The van der Waals surface area contributed by atoms with Crippen LogP contribution in [0.2, 0.25) is 10.0 Å². The highest BCUT2D eigenvalue weighted by molar-refractivity contribution is 8.03. The predicted molar refractivity (Wildman–Crippen MR) is 91.5 cm³/mol. The second kappa shape index (κ2) is 5.84. The molecule has 1 aliphatic heterocycles. The highest BCUT2D eigenvalue weighted by atomic mass is 35.5. The van der Waals surface area contributed by atoms with E-state index in [2.05, 4.69) is 18.3 Å². The predicted octanol–water partition coefficient (Wildman–Crippen LogP) is 5.75. The summed E-state index contributed by atoms with van der Waals surface area (Å²) >= 11 is 13.8. The minimum Gasteiger partial charge on any atom is -0.506 e. The maximum atomic E-state index is 10.5. The van der Waals surface area contributed by atoms with Gasteiger partial charge in [0.1, 0.15) is 5.76 Å². The van der Waals surface area contributed by atoms with E-state index in [9.17, 15) is 5.11 Å². The molecule has 0 spiro atoms. The molecule has 21 heavy (non-hydrogen) atoms. The fourth-order valence-corrected chi connectivity index (χ4v) is 3.81. The molecule has 0 radical (unpaired) electrons. The zero-order valence-corrected chi connectivity index (χ0v) is 13.6. The molecule has 0 saturated carbocycles. The number of rotatable bonds is 2. The molecule has 0 aliphatic carbocycles. The van der Waals surface area contributed by atoms with Gasteiger partial charge < -0.3 is 10.4 Å². The second-order valence-electron chi connectivity index (χ2n) is 4.80. The average Bonchev–Trinajstić information content (AvgIpc) is 2.43. The zero-order chi connectivity index (χ0) is 15.0. The molecular weight excluding hydrogens is 325 g/mol. The Labute approximate surface area is 137 Å². The SMILES string of the molecule is Cc1ccccc1SC1=C(O)c2c(Cl)cc(Cl)cc2NC1. The van der Waals surface area contributed by atoms with Gasteiger partial charge in [-0.15, -0.1) is 0 Å². The first-order chi connectivity index (χ1) is 10.1. The first-order valence-electron chi connectivity index (χ1n) is 6.45. The Balaban J connectivity index is 2.02. The number of thioether (sulfide) groups is 1. The zero-order valence-electron chi connectivity index (χ0n) is 11.3. The molecule has 108 valence electrons. The van der Waals surface area contributed by atoms with Gasteiger partial charge in [-0.3, -0.25) is 0 Å². The number of fused-ring (bicyclic) bond motifs is 1. The fraction of sp³-hybridized carbons (Fsp3) is 0.125. The molecule has 0 saturated heterocycles. The summed E-state index contributed by atoms with van der Waals surface area (Å²) in [6, 6.07) is 11.5. The lowest BCUT2D eigenvalue weighted by molar-refractivity contribution is 0.508. The van der Waals surface area contributed by atoms with Crippen molar-refractivity contribution in [3.05, 3.63) is 62.5 Å². The van der Waals surface area contributed by atoms with Crippen LogP contribution >= 0.6 is 35.0 Å². The van der Waals surface area contributed by atoms with Crippen LogP contribution in [0.25, 0.3) is 5.76 Å². The van der Waals surface area contributed by atoms with E-state index in [1.165, 1.54) is 5.56 Å². The Kier molecular flexibility index (Phi) is 4.07. The van der Waals surface area contributed by atoms with Crippen molar-refractivity contribution in [2.45, 2.75) is 11.8 Å². The largest absolute Gasteiger partial charge is 0.506 e. The molecule has 2 aromatic carbocycles. The summed E-state index contributed by atoms with van der Waals surface area (Å²) in [5.74, 6) is 0.221. The van der Waals surface area contributed by atoms with Gasteiger partial charge in [0.25, 0.3) is 0 Å². The van der Waals surface area contributed by atoms with Crippen molar-refractivity contribution in [3.63, 3.8) is 0 Å². The van der Waals surface area contributed by atoms with Gasteiger partial charge in [-0.1, -0.05) is 53.2 Å². The van der Waals surface area contributed by atoms with Crippen LogP contribution < -0.4 is 5.32 Å². The lowest BCUT2D eigenvalue weighted by Crippen LogP contribution is -2.13. The summed E-state index contributed by atoms with van der Waals surface area (Å²) in [5, 5.41) is 14.8. The highest BCUT2D eigenvalue weighted by Gasteiger charge is 2.22. The lowest BCUT2D eigenvalue weighted by atomic mass is 10.1. The van der Waals surface area contributed by atoms with Crippen molar-refractivity contribution in [1.29, 1.82) is 0 Å². The topological polar surface area (TPSA) is 32.3 Å². The molecule has 1 heterocycles. The van der Waals surface area contributed by atoms with Gasteiger partial charge in [-0.05, 0) is 30.7 Å². The molecule has 2 nitrogen and oxygen atoms in total. The minimum atomic E-state index is 0.221. The third-order valence-corrected chi connectivity index (χ3v) is 5.10. The van der Waals surface area contributed by atoms with Crippen LogP contribution in [0.4, 0.5) is 5.69 Å². The van der Waals surface area contributed by atoms with Gasteiger partial charge in [0, 0.05) is 15.6 Å². The molecule has 2 N–H and O–H groups in total. The normalized spacial score (nSPS) is 13.9. The van der Waals surface area contributed by atoms with E-state index in [0.29, 0.717) is 22.2 Å². The number of aliphatic hydroxyl groups is 1. The van der Waals surface area contributed by atoms with E-state index in [1.54, 1.807) is 23.9 Å². The van der Waals surface area contributed by atoms with Crippen LogP contribution in [-0.2, 0) is 0 Å². The van der Waals surface area contributed by atoms with Crippen LogP contribution in [0.5, 0.6) is 0 Å². The Bertz CT molecular complexity index is 743. The maximum Gasteiger partial charge on any atom is 0.138 e. The molecule has 0 amide bonds. The van der Waals surface area contributed by atoms with Crippen LogP contribution in [0, 0.1) is 6.92 Å². The molecule has 5 heteroatoms. The van der Waals surface area contributed by atoms with Gasteiger partial charge in [0.15, 0.2) is 0 Å². The number of nitrogens with one attached hydrogen (secondary N) is 1. The molecule has 0 unspecified atom stereocenters. The Morgan fingerprint density at radius 2 is 1.95 bits per heavy atom. The number of anilines is 1. The van der Waals surface area contributed by atoms with Crippen LogP contribution in [-0.4, -0.2) is 11.7 Å². The molecule has 1 aliphatic rings. The summed E-state index contributed by atoms with van der Waals surface area (Å²) in [6.07, 6.45) is 0. The van der Waals surface area contributed by atoms with Crippen LogP contribution in [0.15, 0.2) is 46.2 Å². The van der Waals surface area contributed by atoms with Crippen molar-refractivity contribution in [2.75, 3.05) is 11.9 Å². The second-order valence-corrected chi connectivity index (χ2v) is 6.78. The molecule has 0 fully saturated rings.